The number of likely N-dealkylation sites (tertiary alicyclic amines) is 1. The molecule has 3 N–H and O–H groups in total. The van der Waals surface area contributed by atoms with E-state index in [0.717, 1.165) is 42.8 Å². The Kier molecular flexibility index (Phi) is 2.95. The number of aromatic amines is 1. The number of nitrogens with two attached hydrogens (primary N) is 1. The molecule has 2 aliphatic rings. The van der Waals surface area contributed by atoms with Crippen molar-refractivity contribution in [3.63, 3.8) is 0 Å². The van der Waals surface area contributed by atoms with Gasteiger partial charge in [0.15, 0.2) is 0 Å². The first-order valence-electron chi connectivity index (χ1n) is 7.68. The number of rotatable bonds is 2. The highest BCUT2D eigenvalue weighted by atomic mass is 16.2. The normalized spacial score (nSPS) is 27.3. The minimum Gasteiger partial charge on any atom is -0.356 e. The lowest BCUT2D eigenvalue weighted by Crippen LogP contribution is -2.37. The Morgan fingerprint density at radius 3 is 2.77 bits per heavy atom. The lowest BCUT2D eigenvalue weighted by Gasteiger charge is -2.27. The molecule has 1 saturated heterocycles. The second kappa shape index (κ2) is 4.86. The molecule has 0 aromatic carbocycles. The van der Waals surface area contributed by atoms with Crippen LogP contribution in [0.2, 0.25) is 0 Å². The Bertz CT molecular complexity index is 699. The van der Waals surface area contributed by atoms with Gasteiger partial charge in [0.05, 0.1) is 5.39 Å². The average molecular weight is 300 g/mol. The van der Waals surface area contributed by atoms with Gasteiger partial charge in [0.2, 0.25) is 0 Å². The summed E-state index contributed by atoms with van der Waals surface area (Å²) in [5, 5.41) is 1.06. The van der Waals surface area contributed by atoms with E-state index in [4.69, 9.17) is 5.73 Å². The average Bonchev–Trinajstić information content (AvgIpc) is 3.18. The Labute approximate surface area is 128 Å². The summed E-state index contributed by atoms with van der Waals surface area (Å²) in [6, 6.07) is 2.19. The first-order chi connectivity index (χ1) is 10.6. The molecule has 2 amide bonds. The van der Waals surface area contributed by atoms with Crippen LogP contribution in [0.5, 0.6) is 0 Å². The molecule has 7 nitrogen and oxygen atoms in total. The quantitative estimate of drug-likeness (QED) is 0.871. The number of primary amides is 1. The maximum Gasteiger partial charge on any atom is 0.314 e. The predicted octanol–water partition coefficient (Wildman–Crippen LogP) is 1.18. The van der Waals surface area contributed by atoms with Gasteiger partial charge in [0.1, 0.15) is 17.8 Å². The summed E-state index contributed by atoms with van der Waals surface area (Å²) in [6.45, 7) is 1.60. The lowest BCUT2D eigenvalue weighted by atomic mass is 10.0. The second-order valence-corrected chi connectivity index (χ2v) is 6.44. The van der Waals surface area contributed by atoms with Crippen molar-refractivity contribution < 1.29 is 4.79 Å². The molecule has 1 aliphatic heterocycles. The largest absolute Gasteiger partial charge is 0.356 e. The van der Waals surface area contributed by atoms with Crippen molar-refractivity contribution in [1.29, 1.82) is 0 Å². The fourth-order valence-electron chi connectivity index (χ4n) is 4.08. The van der Waals surface area contributed by atoms with Crippen molar-refractivity contribution in [1.82, 2.24) is 19.9 Å². The number of aromatic nitrogens is 3. The minimum atomic E-state index is -0.288. The van der Waals surface area contributed by atoms with Gasteiger partial charge in [-0.05, 0) is 30.7 Å². The van der Waals surface area contributed by atoms with E-state index in [0.29, 0.717) is 17.9 Å². The zero-order valence-electron chi connectivity index (χ0n) is 12.6. The molecule has 2 aromatic heterocycles. The van der Waals surface area contributed by atoms with E-state index in [1.807, 2.05) is 12.3 Å². The van der Waals surface area contributed by atoms with E-state index in [9.17, 15) is 4.79 Å². The third kappa shape index (κ3) is 2.00. The molecule has 7 heteroatoms. The summed E-state index contributed by atoms with van der Waals surface area (Å²) in [5.41, 5.74) is 6.26. The zero-order chi connectivity index (χ0) is 15.3. The van der Waals surface area contributed by atoms with E-state index >= 15 is 0 Å². The van der Waals surface area contributed by atoms with Gasteiger partial charge in [0, 0.05) is 32.4 Å². The lowest BCUT2D eigenvalue weighted by molar-refractivity contribution is 0.214. The smallest absolute Gasteiger partial charge is 0.314 e. The first-order valence-corrected chi connectivity index (χ1v) is 7.68. The summed E-state index contributed by atoms with van der Waals surface area (Å²) >= 11 is 0. The molecule has 3 heterocycles. The summed E-state index contributed by atoms with van der Waals surface area (Å²) in [7, 11) is 2.10. The van der Waals surface area contributed by atoms with Crippen molar-refractivity contribution in [3.8, 4) is 0 Å². The summed E-state index contributed by atoms with van der Waals surface area (Å²) in [6.07, 6.45) is 5.67. The van der Waals surface area contributed by atoms with Gasteiger partial charge in [-0.3, -0.25) is 0 Å². The molecule has 0 radical (unpaired) electrons. The van der Waals surface area contributed by atoms with Crippen LogP contribution in [-0.2, 0) is 0 Å². The third-order valence-electron chi connectivity index (χ3n) is 5.25. The molecule has 3 atom stereocenters. The number of amides is 2. The van der Waals surface area contributed by atoms with Gasteiger partial charge < -0.3 is 20.5 Å². The van der Waals surface area contributed by atoms with Crippen LogP contribution in [0.1, 0.15) is 12.8 Å². The Balaban J connectivity index is 1.53. The number of nitrogens with one attached hydrogen (secondary N) is 1. The summed E-state index contributed by atoms with van der Waals surface area (Å²) in [4.78, 5) is 27.2. The van der Waals surface area contributed by atoms with E-state index in [1.165, 1.54) is 0 Å². The summed E-state index contributed by atoms with van der Waals surface area (Å²) in [5.74, 6) is 2.09. The number of anilines is 1. The minimum absolute atomic E-state index is 0.288. The standard InChI is InChI=1S/C15H20N6O/c1-20(14-12-2-3-17-13(12)18-8-19-14)11-4-9-6-21(15(16)22)7-10(9)5-11/h2-3,8-11H,4-7H2,1H3,(H2,16,22)(H,17,18,19)/t9-,10?,11?/m1/s1. The van der Waals surface area contributed by atoms with Gasteiger partial charge in [-0.1, -0.05) is 0 Å². The van der Waals surface area contributed by atoms with Crippen molar-refractivity contribution in [2.75, 3.05) is 25.0 Å². The van der Waals surface area contributed by atoms with Gasteiger partial charge in [-0.15, -0.1) is 0 Å². The number of nitrogens with zero attached hydrogens (tertiary/aromatic N) is 4. The monoisotopic (exact) mass is 300 g/mol. The first kappa shape index (κ1) is 13.4. The van der Waals surface area contributed by atoms with Gasteiger partial charge in [-0.25, -0.2) is 14.8 Å². The van der Waals surface area contributed by atoms with Crippen LogP contribution < -0.4 is 10.6 Å². The molecule has 2 aromatic rings. The molecule has 1 saturated carbocycles. The van der Waals surface area contributed by atoms with Crippen molar-refractivity contribution in [2.45, 2.75) is 18.9 Å². The van der Waals surface area contributed by atoms with Crippen molar-refractivity contribution in [2.24, 2.45) is 17.6 Å². The Morgan fingerprint density at radius 2 is 2.09 bits per heavy atom. The number of H-pyrrole nitrogens is 1. The number of hydrogen-bond donors (Lipinski definition) is 2. The highest BCUT2D eigenvalue weighted by molar-refractivity contribution is 5.87. The van der Waals surface area contributed by atoms with E-state index in [1.54, 1.807) is 11.2 Å². The van der Waals surface area contributed by atoms with Crippen LogP contribution in [0.25, 0.3) is 11.0 Å². The van der Waals surface area contributed by atoms with Crippen LogP contribution in [-0.4, -0.2) is 52.1 Å². The molecular weight excluding hydrogens is 280 g/mol. The predicted molar refractivity (Wildman–Crippen MR) is 83.5 cm³/mol. The maximum atomic E-state index is 11.3. The SMILES string of the molecule is CN(c1ncnc2[nH]ccc12)C1CC2CN(C(N)=O)C[C@H]2C1. The molecule has 2 unspecified atom stereocenters. The Hall–Kier alpha value is -2.31. The van der Waals surface area contributed by atoms with E-state index < -0.39 is 0 Å². The molecule has 0 spiro atoms. The fourth-order valence-corrected chi connectivity index (χ4v) is 4.08. The highest BCUT2D eigenvalue weighted by Gasteiger charge is 2.43. The molecule has 1 aliphatic carbocycles. The molecule has 2 fully saturated rings. The third-order valence-corrected chi connectivity index (χ3v) is 5.25. The van der Waals surface area contributed by atoms with Crippen LogP contribution in [0.15, 0.2) is 18.6 Å². The summed E-state index contributed by atoms with van der Waals surface area (Å²) < 4.78 is 0. The van der Waals surface area contributed by atoms with Crippen LogP contribution in [0.3, 0.4) is 0 Å². The van der Waals surface area contributed by atoms with Crippen LogP contribution in [0.4, 0.5) is 10.6 Å². The molecule has 4 rings (SSSR count). The van der Waals surface area contributed by atoms with Crippen LogP contribution >= 0.6 is 0 Å². The fraction of sp³-hybridized carbons (Fsp3) is 0.533. The number of fused-ring (bicyclic) bond motifs is 2. The number of urea groups is 1. The molecule has 0 bridgehead atoms. The van der Waals surface area contributed by atoms with Gasteiger partial charge in [-0.2, -0.15) is 0 Å². The van der Waals surface area contributed by atoms with Gasteiger partial charge >= 0.3 is 6.03 Å². The van der Waals surface area contributed by atoms with E-state index in [-0.39, 0.29) is 6.03 Å². The number of carbonyl (C=O) groups excluding carboxylic acids is 1. The molecule has 22 heavy (non-hydrogen) atoms. The van der Waals surface area contributed by atoms with Crippen molar-refractivity contribution >= 4 is 22.9 Å². The molecule has 116 valence electrons. The van der Waals surface area contributed by atoms with Gasteiger partial charge in [0.25, 0.3) is 0 Å². The maximum absolute atomic E-state index is 11.3. The van der Waals surface area contributed by atoms with Crippen molar-refractivity contribution in [3.05, 3.63) is 18.6 Å². The topological polar surface area (TPSA) is 91.1 Å². The number of carbonyl (C=O) groups is 1. The number of hydrogen-bond acceptors (Lipinski definition) is 4. The second-order valence-electron chi connectivity index (χ2n) is 6.44. The Morgan fingerprint density at radius 1 is 1.36 bits per heavy atom. The zero-order valence-corrected chi connectivity index (χ0v) is 12.6. The molecular formula is C15H20N6O. The highest BCUT2D eigenvalue weighted by Crippen LogP contribution is 2.41. The van der Waals surface area contributed by atoms with E-state index in [2.05, 4.69) is 26.9 Å². The van der Waals surface area contributed by atoms with Crippen LogP contribution in [0, 0.1) is 11.8 Å².